The molecule has 1 rings (SSSR count). The van der Waals surface area contributed by atoms with Crippen LogP contribution in [0.15, 0.2) is 4.79 Å². The predicted octanol–water partition coefficient (Wildman–Crippen LogP) is -0.816. The summed E-state index contributed by atoms with van der Waals surface area (Å²) in [5.41, 5.74) is 5.22. The molecule has 0 unspecified atom stereocenters. The van der Waals surface area contributed by atoms with Gasteiger partial charge in [0.05, 0.1) is 0 Å². The van der Waals surface area contributed by atoms with E-state index in [1.54, 1.807) is 7.05 Å². The molecule has 0 aliphatic carbocycles. The summed E-state index contributed by atoms with van der Waals surface area (Å²) in [7, 11) is 1.57. The van der Waals surface area contributed by atoms with Crippen molar-refractivity contribution in [2.24, 2.45) is 7.05 Å². The van der Waals surface area contributed by atoms with Crippen molar-refractivity contribution >= 4 is 5.95 Å². The standard InChI is InChI=1S/C5H10N4O/c1-3-9-4(6)7-8(2)5(9)10/h3H2,1-2H3,(H2,6,7). The van der Waals surface area contributed by atoms with Gasteiger partial charge in [-0.2, -0.15) is 0 Å². The molecule has 0 atom stereocenters. The highest BCUT2D eigenvalue weighted by molar-refractivity contribution is 5.13. The zero-order valence-electron chi connectivity index (χ0n) is 6.03. The molecule has 0 bridgehead atoms. The first-order chi connectivity index (χ1) is 4.66. The quantitative estimate of drug-likeness (QED) is 0.557. The van der Waals surface area contributed by atoms with E-state index in [0.717, 1.165) is 0 Å². The summed E-state index contributed by atoms with van der Waals surface area (Å²) in [6.45, 7) is 2.41. The smallest absolute Gasteiger partial charge is 0.347 e. The van der Waals surface area contributed by atoms with Crippen molar-refractivity contribution in [3.8, 4) is 0 Å². The summed E-state index contributed by atoms with van der Waals surface area (Å²) in [4.78, 5) is 11.0. The first-order valence-electron chi connectivity index (χ1n) is 3.06. The second kappa shape index (κ2) is 2.17. The molecule has 0 spiro atoms. The fourth-order valence-electron chi connectivity index (χ4n) is 0.820. The van der Waals surface area contributed by atoms with Gasteiger partial charge < -0.3 is 5.73 Å². The molecule has 1 aromatic heterocycles. The van der Waals surface area contributed by atoms with Gasteiger partial charge in [-0.15, -0.1) is 5.10 Å². The average Bonchev–Trinajstić information content (AvgIpc) is 2.09. The molecule has 0 saturated heterocycles. The Labute approximate surface area is 58.1 Å². The van der Waals surface area contributed by atoms with Gasteiger partial charge in [0, 0.05) is 13.6 Å². The number of aromatic nitrogens is 3. The van der Waals surface area contributed by atoms with E-state index >= 15 is 0 Å². The van der Waals surface area contributed by atoms with Gasteiger partial charge in [-0.1, -0.05) is 0 Å². The number of nitrogens with two attached hydrogens (primary N) is 1. The lowest BCUT2D eigenvalue weighted by Crippen LogP contribution is -2.22. The van der Waals surface area contributed by atoms with Gasteiger partial charge in [-0.05, 0) is 6.92 Å². The zero-order valence-corrected chi connectivity index (χ0v) is 6.03. The van der Waals surface area contributed by atoms with Crippen LogP contribution in [0.5, 0.6) is 0 Å². The van der Waals surface area contributed by atoms with E-state index in [1.807, 2.05) is 6.92 Å². The molecular formula is C5H10N4O. The predicted molar refractivity (Wildman–Crippen MR) is 37.6 cm³/mol. The molecule has 1 aromatic rings. The molecule has 10 heavy (non-hydrogen) atoms. The highest BCUT2D eigenvalue weighted by Crippen LogP contribution is 1.89. The van der Waals surface area contributed by atoms with E-state index < -0.39 is 0 Å². The van der Waals surface area contributed by atoms with Crippen LogP contribution in [-0.4, -0.2) is 14.3 Å². The topological polar surface area (TPSA) is 65.8 Å². The number of aryl methyl sites for hydroxylation is 1. The third kappa shape index (κ3) is 0.792. The largest absolute Gasteiger partial charge is 0.368 e. The van der Waals surface area contributed by atoms with Crippen molar-refractivity contribution in [1.82, 2.24) is 14.3 Å². The average molecular weight is 142 g/mol. The Kier molecular flexibility index (Phi) is 1.48. The van der Waals surface area contributed by atoms with Crippen LogP contribution in [0.25, 0.3) is 0 Å². The van der Waals surface area contributed by atoms with Gasteiger partial charge in [-0.3, -0.25) is 4.57 Å². The lowest BCUT2D eigenvalue weighted by molar-refractivity contribution is 0.679. The molecule has 5 heteroatoms. The normalized spacial score (nSPS) is 10.2. The van der Waals surface area contributed by atoms with E-state index in [-0.39, 0.29) is 11.6 Å². The van der Waals surface area contributed by atoms with E-state index in [9.17, 15) is 4.79 Å². The number of hydrogen-bond donors (Lipinski definition) is 1. The number of nitrogen functional groups attached to an aromatic ring is 1. The Balaban J connectivity index is 3.34. The first kappa shape index (κ1) is 6.85. The van der Waals surface area contributed by atoms with Gasteiger partial charge >= 0.3 is 5.69 Å². The minimum atomic E-state index is -0.167. The van der Waals surface area contributed by atoms with Gasteiger partial charge in [0.25, 0.3) is 0 Å². The van der Waals surface area contributed by atoms with Crippen LogP contribution in [0.4, 0.5) is 5.95 Å². The van der Waals surface area contributed by atoms with Crippen molar-refractivity contribution in [2.45, 2.75) is 13.5 Å². The van der Waals surface area contributed by atoms with Crippen LogP contribution < -0.4 is 11.4 Å². The monoisotopic (exact) mass is 142 g/mol. The third-order valence-electron chi connectivity index (χ3n) is 1.35. The molecule has 0 radical (unpaired) electrons. The molecule has 0 fully saturated rings. The van der Waals surface area contributed by atoms with Gasteiger partial charge in [0.2, 0.25) is 5.95 Å². The van der Waals surface area contributed by atoms with Crippen LogP contribution in [0, 0.1) is 0 Å². The Morgan fingerprint density at radius 3 is 2.50 bits per heavy atom. The summed E-state index contributed by atoms with van der Waals surface area (Å²) in [5.74, 6) is 0.273. The molecule has 0 amide bonds. The summed E-state index contributed by atoms with van der Waals surface area (Å²) >= 11 is 0. The lowest BCUT2D eigenvalue weighted by Gasteiger charge is -1.92. The van der Waals surface area contributed by atoms with Crippen molar-refractivity contribution < 1.29 is 0 Å². The van der Waals surface area contributed by atoms with Crippen molar-refractivity contribution in [3.05, 3.63) is 10.5 Å². The highest BCUT2D eigenvalue weighted by atomic mass is 16.2. The van der Waals surface area contributed by atoms with E-state index in [1.165, 1.54) is 9.25 Å². The van der Waals surface area contributed by atoms with Gasteiger partial charge in [-0.25, -0.2) is 9.48 Å². The number of rotatable bonds is 1. The Morgan fingerprint density at radius 2 is 2.30 bits per heavy atom. The van der Waals surface area contributed by atoms with Gasteiger partial charge in [0.15, 0.2) is 0 Å². The molecule has 5 nitrogen and oxygen atoms in total. The van der Waals surface area contributed by atoms with Crippen LogP contribution in [0.2, 0.25) is 0 Å². The van der Waals surface area contributed by atoms with Crippen LogP contribution in [0.1, 0.15) is 6.92 Å². The Morgan fingerprint density at radius 1 is 1.70 bits per heavy atom. The van der Waals surface area contributed by atoms with Crippen LogP contribution in [-0.2, 0) is 13.6 Å². The maximum absolute atomic E-state index is 11.0. The highest BCUT2D eigenvalue weighted by Gasteiger charge is 2.03. The van der Waals surface area contributed by atoms with E-state index in [2.05, 4.69) is 5.10 Å². The summed E-state index contributed by atoms with van der Waals surface area (Å²) in [6.07, 6.45) is 0. The molecule has 56 valence electrons. The summed E-state index contributed by atoms with van der Waals surface area (Å²) in [5, 5.41) is 3.73. The van der Waals surface area contributed by atoms with Crippen LogP contribution >= 0.6 is 0 Å². The second-order valence-electron chi connectivity index (χ2n) is 2.01. The van der Waals surface area contributed by atoms with Crippen molar-refractivity contribution in [3.63, 3.8) is 0 Å². The minimum Gasteiger partial charge on any atom is -0.368 e. The molecule has 0 aromatic carbocycles. The van der Waals surface area contributed by atoms with E-state index in [0.29, 0.717) is 6.54 Å². The van der Waals surface area contributed by atoms with E-state index in [4.69, 9.17) is 5.73 Å². The lowest BCUT2D eigenvalue weighted by atomic mass is 10.7. The zero-order chi connectivity index (χ0) is 7.72. The Bertz CT molecular complexity index is 284. The second-order valence-corrected chi connectivity index (χ2v) is 2.01. The molecular weight excluding hydrogens is 132 g/mol. The Hall–Kier alpha value is -1.26. The molecule has 2 N–H and O–H groups in total. The number of nitrogens with zero attached hydrogens (tertiary/aromatic N) is 3. The van der Waals surface area contributed by atoms with Crippen LogP contribution in [0.3, 0.4) is 0 Å². The number of anilines is 1. The number of hydrogen-bond acceptors (Lipinski definition) is 3. The molecule has 0 aliphatic heterocycles. The fraction of sp³-hybridized carbons (Fsp3) is 0.600. The summed E-state index contributed by atoms with van der Waals surface area (Å²) in [6, 6.07) is 0. The maximum Gasteiger partial charge on any atom is 0.347 e. The first-order valence-corrected chi connectivity index (χ1v) is 3.06. The molecule has 1 heterocycles. The molecule has 0 saturated carbocycles. The van der Waals surface area contributed by atoms with Gasteiger partial charge in [0.1, 0.15) is 0 Å². The maximum atomic E-state index is 11.0. The third-order valence-corrected chi connectivity index (χ3v) is 1.35. The van der Waals surface area contributed by atoms with Crippen molar-refractivity contribution in [2.75, 3.05) is 5.73 Å². The summed E-state index contributed by atoms with van der Waals surface area (Å²) < 4.78 is 2.62. The minimum absolute atomic E-state index is 0.167. The SMILES string of the molecule is CCn1c(N)nn(C)c1=O. The fourth-order valence-corrected chi connectivity index (χ4v) is 0.820. The van der Waals surface area contributed by atoms with Crippen molar-refractivity contribution in [1.29, 1.82) is 0 Å². The molecule has 0 aliphatic rings.